The maximum atomic E-state index is 12.9. The third-order valence-electron chi connectivity index (χ3n) is 5.49. The van der Waals surface area contributed by atoms with Gasteiger partial charge in [-0.05, 0) is 58.6 Å². The lowest BCUT2D eigenvalue weighted by molar-refractivity contribution is 0.0635. The summed E-state index contributed by atoms with van der Waals surface area (Å²) >= 11 is 0. The summed E-state index contributed by atoms with van der Waals surface area (Å²) in [4.78, 5) is 48.3. The summed E-state index contributed by atoms with van der Waals surface area (Å²) in [5.74, 6) is -1.15. The Labute approximate surface area is 192 Å². The first-order valence-corrected chi connectivity index (χ1v) is 11.1. The molecule has 2 amide bonds. The lowest BCUT2D eigenvalue weighted by Crippen LogP contribution is -2.39. The molecule has 0 unspecified atom stereocenters. The Morgan fingerprint density at radius 1 is 1.24 bits per heavy atom. The van der Waals surface area contributed by atoms with E-state index in [0.29, 0.717) is 5.92 Å². The van der Waals surface area contributed by atoms with Crippen molar-refractivity contribution in [3.05, 3.63) is 34.4 Å². The van der Waals surface area contributed by atoms with Gasteiger partial charge in [-0.15, -0.1) is 0 Å². The number of hydrogen-bond donors (Lipinski definition) is 4. The summed E-state index contributed by atoms with van der Waals surface area (Å²) in [7, 11) is 0. The van der Waals surface area contributed by atoms with E-state index in [1.165, 1.54) is 12.6 Å². The number of anilines is 1. The van der Waals surface area contributed by atoms with Gasteiger partial charge < -0.3 is 20.1 Å². The van der Waals surface area contributed by atoms with Gasteiger partial charge in [0.2, 0.25) is 5.75 Å². The van der Waals surface area contributed by atoms with E-state index in [9.17, 15) is 19.5 Å². The van der Waals surface area contributed by atoms with Crippen molar-refractivity contribution in [2.24, 2.45) is 5.92 Å². The number of rotatable bonds is 5. The molecule has 1 fully saturated rings. The van der Waals surface area contributed by atoms with Crippen LogP contribution in [0.25, 0.3) is 11.5 Å². The van der Waals surface area contributed by atoms with Crippen LogP contribution in [-0.4, -0.2) is 43.7 Å². The van der Waals surface area contributed by atoms with E-state index in [0.717, 1.165) is 25.7 Å². The van der Waals surface area contributed by atoms with E-state index in [-0.39, 0.29) is 23.2 Å². The Morgan fingerprint density at radius 2 is 1.94 bits per heavy atom. The number of pyridine rings is 1. The van der Waals surface area contributed by atoms with Crippen LogP contribution in [0.1, 0.15) is 70.3 Å². The Morgan fingerprint density at radius 3 is 2.61 bits per heavy atom. The largest absolute Gasteiger partial charge is 0.501 e. The van der Waals surface area contributed by atoms with Gasteiger partial charge in [0, 0.05) is 12.2 Å². The molecule has 0 spiro atoms. The predicted octanol–water partition coefficient (Wildman–Crippen LogP) is 3.58. The number of carbonyl (C=O) groups is 2. The monoisotopic (exact) mass is 457 g/mol. The minimum Gasteiger partial charge on any atom is -0.501 e. The summed E-state index contributed by atoms with van der Waals surface area (Å²) in [6, 6.07) is 3.03. The molecule has 1 saturated carbocycles. The van der Waals surface area contributed by atoms with Crippen molar-refractivity contribution in [3.8, 4) is 17.3 Å². The molecular weight excluding hydrogens is 426 g/mol. The number of nitrogens with zero attached hydrogens (tertiary/aromatic N) is 2. The minimum atomic E-state index is -0.885. The number of H-pyrrole nitrogens is 1. The molecule has 178 valence electrons. The molecule has 2 aromatic heterocycles. The van der Waals surface area contributed by atoms with Gasteiger partial charge in [0.15, 0.2) is 11.5 Å². The quantitative estimate of drug-likeness (QED) is 0.536. The van der Waals surface area contributed by atoms with Gasteiger partial charge in [-0.2, -0.15) is 0 Å². The third kappa shape index (κ3) is 6.30. The van der Waals surface area contributed by atoms with Crippen molar-refractivity contribution in [1.82, 2.24) is 20.3 Å². The van der Waals surface area contributed by atoms with Crippen molar-refractivity contribution in [2.45, 2.75) is 71.4 Å². The molecule has 0 radical (unpaired) electrons. The summed E-state index contributed by atoms with van der Waals surface area (Å²) in [5, 5.41) is 15.7. The van der Waals surface area contributed by atoms with Crippen LogP contribution in [0.5, 0.6) is 5.75 Å². The molecule has 10 heteroatoms. The van der Waals surface area contributed by atoms with Crippen LogP contribution >= 0.6 is 0 Å². The van der Waals surface area contributed by atoms with Crippen molar-refractivity contribution in [2.75, 3.05) is 5.32 Å². The minimum absolute atomic E-state index is 0.0695. The SMILES string of the molecule is C[C@@H](NC(=O)c1nc(-c2ncccc2NC(=O)OC(C)(C)C)[nH]c(=O)c1O)C1CCCCC1. The number of aromatic nitrogens is 3. The smallest absolute Gasteiger partial charge is 0.412 e. The fraction of sp³-hybridized carbons (Fsp3) is 0.522. The van der Waals surface area contributed by atoms with Crippen molar-refractivity contribution in [3.63, 3.8) is 0 Å². The summed E-state index contributed by atoms with van der Waals surface area (Å²) < 4.78 is 5.26. The Kier molecular flexibility index (Phi) is 7.35. The Bertz CT molecular complexity index is 1070. The number of aromatic hydroxyl groups is 1. The van der Waals surface area contributed by atoms with Gasteiger partial charge in [0.25, 0.3) is 11.5 Å². The summed E-state index contributed by atoms with van der Waals surface area (Å²) in [6.45, 7) is 7.11. The van der Waals surface area contributed by atoms with E-state index in [4.69, 9.17) is 4.74 Å². The van der Waals surface area contributed by atoms with E-state index < -0.39 is 34.6 Å². The Hall–Kier alpha value is -3.43. The Balaban J connectivity index is 1.88. The van der Waals surface area contributed by atoms with E-state index in [2.05, 4.69) is 25.6 Å². The zero-order valence-electron chi connectivity index (χ0n) is 19.4. The van der Waals surface area contributed by atoms with Gasteiger partial charge in [-0.25, -0.2) is 9.78 Å². The zero-order chi connectivity index (χ0) is 24.2. The number of carbonyl (C=O) groups excluding carboxylic acids is 2. The zero-order valence-corrected chi connectivity index (χ0v) is 19.4. The van der Waals surface area contributed by atoms with Gasteiger partial charge in [-0.3, -0.25) is 19.9 Å². The standard InChI is InChI=1S/C23H31N5O5/c1-13(14-9-6-5-7-10-14)25-20(30)17-18(29)21(31)28-19(27-17)16-15(11-8-12-24-16)26-22(32)33-23(2,3)4/h8,11-14,29H,5-7,9-10H2,1-4H3,(H,25,30)(H,26,32)(H,27,28,31)/t13-/m1/s1. The number of ether oxygens (including phenoxy) is 1. The molecule has 0 saturated heterocycles. The van der Waals surface area contributed by atoms with Gasteiger partial charge >= 0.3 is 6.09 Å². The molecule has 1 aliphatic carbocycles. The van der Waals surface area contributed by atoms with Crippen molar-refractivity contribution in [1.29, 1.82) is 0 Å². The summed E-state index contributed by atoms with van der Waals surface area (Å²) in [6.07, 6.45) is 6.23. The molecule has 0 bridgehead atoms. The van der Waals surface area contributed by atoms with Crippen molar-refractivity contribution >= 4 is 17.7 Å². The molecule has 4 N–H and O–H groups in total. The predicted molar refractivity (Wildman–Crippen MR) is 123 cm³/mol. The molecule has 1 atom stereocenters. The van der Waals surface area contributed by atoms with Crippen LogP contribution in [0.2, 0.25) is 0 Å². The van der Waals surface area contributed by atoms with E-state index in [1.54, 1.807) is 32.9 Å². The first-order chi connectivity index (χ1) is 15.5. The van der Waals surface area contributed by atoms with E-state index >= 15 is 0 Å². The van der Waals surface area contributed by atoms with Crippen LogP contribution in [0, 0.1) is 5.92 Å². The van der Waals surface area contributed by atoms with Crippen LogP contribution in [0.4, 0.5) is 10.5 Å². The second-order valence-corrected chi connectivity index (χ2v) is 9.30. The molecule has 3 rings (SSSR count). The highest BCUT2D eigenvalue weighted by atomic mass is 16.6. The molecular formula is C23H31N5O5. The second-order valence-electron chi connectivity index (χ2n) is 9.30. The van der Waals surface area contributed by atoms with Gasteiger partial charge in [-0.1, -0.05) is 19.3 Å². The molecule has 0 aromatic carbocycles. The molecule has 10 nitrogen and oxygen atoms in total. The number of nitrogens with one attached hydrogen (secondary N) is 3. The average Bonchev–Trinajstić information content (AvgIpc) is 2.75. The first kappa shape index (κ1) is 24.2. The van der Waals surface area contributed by atoms with E-state index in [1.807, 2.05) is 6.92 Å². The average molecular weight is 458 g/mol. The highest BCUT2D eigenvalue weighted by molar-refractivity contribution is 5.95. The van der Waals surface area contributed by atoms with Gasteiger partial charge in [0.1, 0.15) is 11.3 Å². The number of aromatic amines is 1. The second kappa shape index (κ2) is 10.0. The first-order valence-electron chi connectivity index (χ1n) is 11.1. The van der Waals surface area contributed by atoms with Crippen LogP contribution < -0.4 is 16.2 Å². The van der Waals surface area contributed by atoms with Crippen LogP contribution in [0.15, 0.2) is 23.1 Å². The fourth-order valence-electron chi connectivity index (χ4n) is 3.87. The highest BCUT2D eigenvalue weighted by Gasteiger charge is 2.26. The molecule has 2 heterocycles. The summed E-state index contributed by atoms with van der Waals surface area (Å²) in [5.41, 5.74) is -1.65. The van der Waals surface area contributed by atoms with Gasteiger partial charge in [0.05, 0.1) is 5.69 Å². The lowest BCUT2D eigenvalue weighted by Gasteiger charge is -2.28. The number of amides is 2. The lowest BCUT2D eigenvalue weighted by atomic mass is 9.84. The normalized spacial score (nSPS) is 15.5. The van der Waals surface area contributed by atoms with Crippen molar-refractivity contribution < 1.29 is 19.4 Å². The fourth-order valence-corrected chi connectivity index (χ4v) is 3.87. The third-order valence-corrected chi connectivity index (χ3v) is 5.49. The van der Waals surface area contributed by atoms with Crippen LogP contribution in [-0.2, 0) is 4.74 Å². The molecule has 2 aromatic rings. The highest BCUT2D eigenvalue weighted by Crippen LogP contribution is 2.27. The molecule has 1 aliphatic rings. The molecule has 0 aliphatic heterocycles. The maximum Gasteiger partial charge on any atom is 0.412 e. The molecule has 33 heavy (non-hydrogen) atoms. The maximum absolute atomic E-state index is 12.9. The van der Waals surface area contributed by atoms with Crippen LogP contribution in [0.3, 0.4) is 0 Å². The number of hydrogen-bond acceptors (Lipinski definition) is 7. The topological polar surface area (TPSA) is 146 Å².